The van der Waals surface area contributed by atoms with Crippen LogP contribution in [0, 0.1) is 6.92 Å². The molecule has 8 nitrogen and oxygen atoms in total. The molecule has 1 aliphatic carbocycles. The number of esters is 1. The summed E-state index contributed by atoms with van der Waals surface area (Å²) in [6, 6.07) is 24.3. The van der Waals surface area contributed by atoms with Gasteiger partial charge in [-0.2, -0.15) is 0 Å². The van der Waals surface area contributed by atoms with Crippen molar-refractivity contribution in [1.82, 2.24) is 9.62 Å². The molecular formula is C31H30N2O6S. The van der Waals surface area contributed by atoms with Crippen molar-refractivity contribution in [1.29, 1.82) is 0 Å². The van der Waals surface area contributed by atoms with Gasteiger partial charge in [-0.1, -0.05) is 66.2 Å². The van der Waals surface area contributed by atoms with E-state index < -0.39 is 21.9 Å². The summed E-state index contributed by atoms with van der Waals surface area (Å²) in [6.07, 6.45) is 0.683. The van der Waals surface area contributed by atoms with E-state index in [0.29, 0.717) is 66.5 Å². The SMILES string of the molecule is Cc1ccc(S(=O)(=O)NC(=O)C2=C(N3CCOCC3)/C(=C(/OC(=O)c3ccccc3)c3ccccc3)CC2)cc1. The Morgan fingerprint density at radius 3 is 2.05 bits per heavy atom. The quantitative estimate of drug-likeness (QED) is 0.338. The van der Waals surface area contributed by atoms with Crippen molar-refractivity contribution >= 4 is 27.7 Å². The summed E-state index contributed by atoms with van der Waals surface area (Å²) >= 11 is 0. The maximum Gasteiger partial charge on any atom is 0.343 e. The first kappa shape index (κ1) is 27.4. The molecule has 1 saturated heterocycles. The number of benzene rings is 3. The van der Waals surface area contributed by atoms with Gasteiger partial charge in [0.2, 0.25) is 0 Å². The number of hydrogen-bond acceptors (Lipinski definition) is 7. The Morgan fingerprint density at radius 1 is 0.825 bits per heavy atom. The second-order valence-corrected chi connectivity index (χ2v) is 11.3. The van der Waals surface area contributed by atoms with Crippen LogP contribution in [0.2, 0.25) is 0 Å². The molecule has 0 bridgehead atoms. The number of carbonyl (C=O) groups is 2. The van der Waals surface area contributed by atoms with Crippen molar-refractivity contribution in [3.8, 4) is 0 Å². The highest BCUT2D eigenvalue weighted by molar-refractivity contribution is 7.90. The molecule has 3 aromatic carbocycles. The molecule has 1 aliphatic heterocycles. The van der Waals surface area contributed by atoms with Crippen molar-refractivity contribution in [2.75, 3.05) is 26.3 Å². The van der Waals surface area contributed by atoms with E-state index in [1.807, 2.05) is 48.2 Å². The number of nitrogens with zero attached hydrogens (tertiary/aromatic N) is 1. The number of aryl methyl sites for hydroxylation is 1. The minimum Gasteiger partial charge on any atom is -0.422 e. The molecule has 1 N–H and O–H groups in total. The highest BCUT2D eigenvalue weighted by atomic mass is 32.2. The van der Waals surface area contributed by atoms with E-state index in [1.165, 1.54) is 12.1 Å². The fraction of sp³-hybridized carbons (Fsp3) is 0.226. The molecule has 0 saturated carbocycles. The molecule has 0 radical (unpaired) electrons. The monoisotopic (exact) mass is 558 g/mol. The fourth-order valence-corrected chi connectivity index (χ4v) is 5.83. The Morgan fingerprint density at radius 2 is 1.43 bits per heavy atom. The Kier molecular flexibility index (Phi) is 8.14. The second kappa shape index (κ2) is 11.9. The molecular weight excluding hydrogens is 528 g/mol. The largest absolute Gasteiger partial charge is 0.422 e. The van der Waals surface area contributed by atoms with Crippen LogP contribution in [0.15, 0.2) is 107 Å². The average Bonchev–Trinajstić information content (AvgIpc) is 3.42. The number of sulfonamides is 1. The van der Waals surface area contributed by atoms with E-state index in [9.17, 15) is 18.0 Å². The van der Waals surface area contributed by atoms with Crippen LogP contribution in [0.1, 0.15) is 34.3 Å². The lowest BCUT2D eigenvalue weighted by atomic mass is 10.0. The molecule has 1 heterocycles. The summed E-state index contributed by atoms with van der Waals surface area (Å²) in [5.41, 5.74) is 3.58. The minimum absolute atomic E-state index is 0.00972. The van der Waals surface area contributed by atoms with Crippen molar-refractivity contribution in [3.63, 3.8) is 0 Å². The average molecular weight is 559 g/mol. The molecule has 0 unspecified atom stereocenters. The summed E-state index contributed by atoms with van der Waals surface area (Å²) < 4.78 is 40.0. The first-order valence-electron chi connectivity index (χ1n) is 13.1. The Labute approximate surface area is 234 Å². The molecule has 1 amide bonds. The van der Waals surface area contributed by atoms with E-state index in [1.54, 1.807) is 36.4 Å². The van der Waals surface area contributed by atoms with Gasteiger partial charge in [0, 0.05) is 29.8 Å². The first-order valence-corrected chi connectivity index (χ1v) is 14.6. The number of ether oxygens (including phenoxy) is 2. The third-order valence-corrected chi connectivity index (χ3v) is 8.22. The lowest BCUT2D eigenvalue weighted by Gasteiger charge is -2.32. The summed E-state index contributed by atoms with van der Waals surface area (Å²) in [5.74, 6) is -0.868. The molecule has 40 heavy (non-hydrogen) atoms. The molecule has 5 rings (SSSR count). The van der Waals surface area contributed by atoms with Gasteiger partial charge in [0.25, 0.3) is 15.9 Å². The molecule has 0 aromatic heterocycles. The zero-order chi connectivity index (χ0) is 28.1. The van der Waals surface area contributed by atoms with Crippen LogP contribution >= 0.6 is 0 Å². The van der Waals surface area contributed by atoms with Gasteiger partial charge in [-0.25, -0.2) is 17.9 Å². The summed E-state index contributed by atoms with van der Waals surface area (Å²) in [4.78, 5) is 28.8. The summed E-state index contributed by atoms with van der Waals surface area (Å²) in [5, 5.41) is 0. The molecule has 9 heteroatoms. The number of amides is 1. The number of allylic oxidation sites excluding steroid dienone is 1. The number of rotatable bonds is 7. The van der Waals surface area contributed by atoms with Crippen molar-refractivity contribution in [2.24, 2.45) is 0 Å². The lowest BCUT2D eigenvalue weighted by Crippen LogP contribution is -2.38. The predicted octanol–water partition coefficient (Wildman–Crippen LogP) is 4.45. The maximum atomic E-state index is 13.6. The van der Waals surface area contributed by atoms with E-state index >= 15 is 0 Å². The fourth-order valence-electron chi connectivity index (χ4n) is 4.85. The Hall–Kier alpha value is -4.21. The van der Waals surface area contributed by atoms with Crippen LogP contribution in [-0.4, -0.2) is 51.5 Å². The van der Waals surface area contributed by atoms with Gasteiger partial charge in [-0.05, 0) is 44.0 Å². The number of hydrogen-bond donors (Lipinski definition) is 1. The lowest BCUT2D eigenvalue weighted by molar-refractivity contribution is -0.116. The van der Waals surface area contributed by atoms with Gasteiger partial charge in [-0.3, -0.25) is 4.79 Å². The van der Waals surface area contributed by atoms with Crippen LogP contribution < -0.4 is 4.72 Å². The van der Waals surface area contributed by atoms with E-state index in [0.717, 1.165) is 5.56 Å². The minimum atomic E-state index is -4.09. The van der Waals surface area contributed by atoms with Crippen LogP contribution in [0.3, 0.4) is 0 Å². The number of nitrogens with one attached hydrogen (secondary N) is 1. The topological polar surface area (TPSA) is 102 Å². The van der Waals surface area contributed by atoms with E-state index in [2.05, 4.69) is 4.72 Å². The third-order valence-electron chi connectivity index (χ3n) is 6.87. The van der Waals surface area contributed by atoms with Gasteiger partial charge >= 0.3 is 5.97 Å². The molecule has 0 atom stereocenters. The highest BCUT2D eigenvalue weighted by Crippen LogP contribution is 2.40. The predicted molar refractivity (Wildman–Crippen MR) is 150 cm³/mol. The van der Waals surface area contributed by atoms with Gasteiger partial charge < -0.3 is 14.4 Å². The van der Waals surface area contributed by atoms with Crippen molar-refractivity contribution < 1.29 is 27.5 Å². The smallest absolute Gasteiger partial charge is 0.343 e. The molecule has 206 valence electrons. The normalized spacial score (nSPS) is 17.0. The number of carbonyl (C=O) groups excluding carboxylic acids is 2. The summed E-state index contributed by atoms with van der Waals surface area (Å²) in [6.45, 7) is 3.79. The van der Waals surface area contributed by atoms with Crippen LogP contribution in [0.4, 0.5) is 0 Å². The molecule has 2 aliphatic rings. The van der Waals surface area contributed by atoms with Gasteiger partial charge in [0.05, 0.1) is 29.4 Å². The maximum absolute atomic E-state index is 13.6. The van der Waals surface area contributed by atoms with Crippen molar-refractivity contribution in [3.05, 3.63) is 118 Å². The van der Waals surface area contributed by atoms with E-state index in [4.69, 9.17) is 9.47 Å². The van der Waals surface area contributed by atoms with Crippen LogP contribution in [0.25, 0.3) is 5.76 Å². The Balaban J connectivity index is 1.58. The van der Waals surface area contributed by atoms with Crippen LogP contribution in [0.5, 0.6) is 0 Å². The molecule has 0 spiro atoms. The first-order chi connectivity index (χ1) is 19.3. The molecule has 1 fully saturated rings. The Bertz CT molecular complexity index is 1560. The highest BCUT2D eigenvalue weighted by Gasteiger charge is 2.35. The van der Waals surface area contributed by atoms with Crippen molar-refractivity contribution in [2.45, 2.75) is 24.7 Å². The van der Waals surface area contributed by atoms with Crippen LogP contribution in [-0.2, 0) is 24.3 Å². The second-order valence-electron chi connectivity index (χ2n) is 9.60. The van der Waals surface area contributed by atoms with Gasteiger partial charge in [0.15, 0.2) is 0 Å². The van der Waals surface area contributed by atoms with Gasteiger partial charge in [0.1, 0.15) is 5.76 Å². The molecule has 3 aromatic rings. The van der Waals surface area contributed by atoms with E-state index in [-0.39, 0.29) is 11.3 Å². The third kappa shape index (κ3) is 6.00. The zero-order valence-electron chi connectivity index (χ0n) is 22.1. The summed E-state index contributed by atoms with van der Waals surface area (Å²) in [7, 11) is -4.09. The zero-order valence-corrected chi connectivity index (χ0v) is 22.9. The number of morpholine rings is 1. The standard InChI is InChI=1S/C31H30N2O6S/c1-22-12-14-25(15-13-22)40(36,37)32-30(34)27-17-16-26(28(27)33-18-20-38-21-19-33)29(23-8-4-2-5-9-23)39-31(35)24-10-6-3-7-11-24/h2-15H,16-21H2,1H3,(H,32,34)/b29-26+. The van der Waals surface area contributed by atoms with Gasteiger partial charge in [-0.15, -0.1) is 0 Å².